The first-order chi connectivity index (χ1) is 13.7. The van der Waals surface area contributed by atoms with Crippen LogP contribution in [0.4, 0.5) is 5.69 Å². The lowest BCUT2D eigenvalue weighted by Gasteiger charge is -2.22. The summed E-state index contributed by atoms with van der Waals surface area (Å²) in [5, 5.41) is 2.99. The second-order valence-electron chi connectivity index (χ2n) is 7.28. The quantitative estimate of drug-likeness (QED) is 0.831. The molecule has 28 heavy (non-hydrogen) atoms. The fourth-order valence-corrected chi connectivity index (χ4v) is 4.07. The van der Waals surface area contributed by atoms with E-state index in [2.05, 4.69) is 17.4 Å². The zero-order valence-corrected chi connectivity index (χ0v) is 16.2. The maximum absolute atomic E-state index is 12.7. The standard InChI is InChI=1S/C22H26N2O4/c1-26-19-8-3-2-6-17(19)23-22(25)15-24-11-4-7-18(24)16-9-10-20-21(14-16)28-13-5-12-27-20/h2-3,6,8-10,14,18H,4-5,7,11-13,15H2,1H3,(H,23,25)/p+1/t18-/m0/s1. The van der Waals surface area contributed by atoms with Crippen LogP contribution in [0.25, 0.3) is 0 Å². The smallest absolute Gasteiger partial charge is 0.279 e. The number of carbonyl (C=O) groups is 1. The molecule has 2 heterocycles. The number of carbonyl (C=O) groups excluding carboxylic acids is 1. The van der Waals surface area contributed by atoms with Crippen LogP contribution in [0.2, 0.25) is 0 Å². The Kier molecular flexibility index (Phi) is 5.67. The normalized spacial score (nSPS) is 21.0. The summed E-state index contributed by atoms with van der Waals surface area (Å²) in [5.41, 5.74) is 1.92. The third kappa shape index (κ3) is 4.07. The molecular formula is C22H27N2O4+. The molecule has 148 valence electrons. The summed E-state index contributed by atoms with van der Waals surface area (Å²) < 4.78 is 16.9. The fourth-order valence-electron chi connectivity index (χ4n) is 4.07. The molecule has 2 aromatic carbocycles. The average molecular weight is 383 g/mol. The second-order valence-corrected chi connectivity index (χ2v) is 7.28. The predicted octanol–water partition coefficient (Wildman–Crippen LogP) is 2.21. The van der Waals surface area contributed by atoms with Gasteiger partial charge < -0.3 is 24.4 Å². The van der Waals surface area contributed by atoms with Crippen molar-refractivity contribution in [3.8, 4) is 17.2 Å². The number of anilines is 1. The minimum atomic E-state index is 0.000688. The molecule has 4 rings (SSSR count). The Morgan fingerprint density at radius 3 is 2.82 bits per heavy atom. The first kappa shape index (κ1) is 18.6. The summed E-state index contributed by atoms with van der Waals surface area (Å²) in [7, 11) is 1.61. The average Bonchev–Trinajstić information content (AvgIpc) is 3.03. The molecule has 6 heteroatoms. The molecule has 2 aliphatic rings. The highest BCUT2D eigenvalue weighted by atomic mass is 16.5. The van der Waals surface area contributed by atoms with E-state index in [9.17, 15) is 4.79 Å². The lowest BCUT2D eigenvalue weighted by Crippen LogP contribution is -3.11. The SMILES string of the molecule is COc1ccccc1NC(=O)C[NH+]1CCC[C@H]1c1ccc2c(c1)OCCCO2. The van der Waals surface area contributed by atoms with E-state index in [-0.39, 0.29) is 5.91 Å². The molecule has 1 unspecified atom stereocenters. The van der Waals surface area contributed by atoms with Crippen LogP contribution in [0.15, 0.2) is 42.5 Å². The Morgan fingerprint density at radius 1 is 1.14 bits per heavy atom. The minimum absolute atomic E-state index is 0.000688. The van der Waals surface area contributed by atoms with Crippen molar-refractivity contribution < 1.29 is 23.9 Å². The predicted molar refractivity (Wildman–Crippen MR) is 106 cm³/mol. The van der Waals surface area contributed by atoms with Crippen LogP contribution in [0.3, 0.4) is 0 Å². The van der Waals surface area contributed by atoms with Gasteiger partial charge in [-0.2, -0.15) is 0 Å². The maximum atomic E-state index is 12.7. The minimum Gasteiger partial charge on any atom is -0.495 e. The summed E-state index contributed by atoms with van der Waals surface area (Å²) in [5.74, 6) is 2.31. The molecule has 0 spiro atoms. The van der Waals surface area contributed by atoms with Gasteiger partial charge in [-0.15, -0.1) is 0 Å². The van der Waals surface area contributed by atoms with E-state index < -0.39 is 0 Å². The molecule has 0 aliphatic carbocycles. The van der Waals surface area contributed by atoms with E-state index in [4.69, 9.17) is 14.2 Å². The fraction of sp³-hybridized carbons (Fsp3) is 0.409. The molecule has 1 amide bonds. The van der Waals surface area contributed by atoms with Gasteiger partial charge in [-0.3, -0.25) is 4.79 Å². The number of benzene rings is 2. The second kappa shape index (κ2) is 8.52. The van der Waals surface area contributed by atoms with Gasteiger partial charge in [0.15, 0.2) is 18.0 Å². The van der Waals surface area contributed by atoms with E-state index in [0.29, 0.717) is 37.2 Å². The summed E-state index contributed by atoms with van der Waals surface area (Å²) in [6.07, 6.45) is 3.07. The number of quaternary nitrogens is 1. The van der Waals surface area contributed by atoms with Gasteiger partial charge in [0, 0.05) is 24.8 Å². The van der Waals surface area contributed by atoms with Gasteiger partial charge in [0.05, 0.1) is 32.6 Å². The molecule has 0 aromatic heterocycles. The number of nitrogens with one attached hydrogen (secondary N) is 2. The van der Waals surface area contributed by atoms with Crippen molar-refractivity contribution in [3.05, 3.63) is 48.0 Å². The Labute approximate surface area is 165 Å². The van der Waals surface area contributed by atoms with Crippen LogP contribution in [-0.2, 0) is 4.79 Å². The lowest BCUT2D eigenvalue weighted by molar-refractivity contribution is -0.910. The monoisotopic (exact) mass is 383 g/mol. The van der Waals surface area contributed by atoms with Gasteiger partial charge in [0.2, 0.25) is 0 Å². The molecular weight excluding hydrogens is 356 g/mol. The molecule has 0 bridgehead atoms. The highest BCUT2D eigenvalue weighted by Crippen LogP contribution is 2.33. The number of methoxy groups -OCH3 is 1. The number of para-hydroxylation sites is 2. The van der Waals surface area contributed by atoms with Crippen molar-refractivity contribution in [2.45, 2.75) is 25.3 Å². The van der Waals surface area contributed by atoms with Crippen LogP contribution in [0.1, 0.15) is 30.9 Å². The number of fused-ring (bicyclic) bond motifs is 1. The maximum Gasteiger partial charge on any atom is 0.279 e. The summed E-state index contributed by atoms with van der Waals surface area (Å²) >= 11 is 0. The van der Waals surface area contributed by atoms with Crippen LogP contribution >= 0.6 is 0 Å². The summed E-state index contributed by atoms with van der Waals surface area (Å²) in [6.45, 7) is 2.78. The molecule has 6 nitrogen and oxygen atoms in total. The number of amides is 1. The molecule has 2 aromatic rings. The number of rotatable bonds is 5. The molecule has 2 N–H and O–H groups in total. The van der Waals surface area contributed by atoms with Crippen molar-refractivity contribution in [2.75, 3.05) is 38.7 Å². The van der Waals surface area contributed by atoms with Crippen molar-refractivity contribution in [1.29, 1.82) is 0 Å². The van der Waals surface area contributed by atoms with Gasteiger partial charge in [0.1, 0.15) is 11.8 Å². The number of ether oxygens (including phenoxy) is 3. The Balaban J connectivity index is 1.45. The van der Waals surface area contributed by atoms with Crippen molar-refractivity contribution in [2.24, 2.45) is 0 Å². The highest BCUT2D eigenvalue weighted by molar-refractivity contribution is 5.92. The zero-order chi connectivity index (χ0) is 19.3. The van der Waals surface area contributed by atoms with Gasteiger partial charge in [-0.05, 0) is 30.3 Å². The van der Waals surface area contributed by atoms with Gasteiger partial charge >= 0.3 is 0 Å². The van der Waals surface area contributed by atoms with E-state index in [1.54, 1.807) is 7.11 Å². The summed E-state index contributed by atoms with van der Waals surface area (Å²) in [4.78, 5) is 13.9. The molecule has 0 saturated carbocycles. The van der Waals surface area contributed by atoms with Crippen LogP contribution in [-0.4, -0.2) is 39.3 Å². The molecule has 2 aliphatic heterocycles. The Bertz CT molecular complexity index is 839. The third-order valence-corrected chi connectivity index (χ3v) is 5.43. The van der Waals surface area contributed by atoms with Crippen LogP contribution in [0.5, 0.6) is 17.2 Å². The summed E-state index contributed by atoms with van der Waals surface area (Å²) in [6, 6.07) is 14.0. The van der Waals surface area contributed by atoms with Crippen LogP contribution in [0, 0.1) is 0 Å². The van der Waals surface area contributed by atoms with Gasteiger partial charge in [-0.25, -0.2) is 0 Å². The Hall–Kier alpha value is -2.73. The number of hydrogen-bond acceptors (Lipinski definition) is 4. The van der Waals surface area contributed by atoms with Crippen molar-refractivity contribution >= 4 is 11.6 Å². The third-order valence-electron chi connectivity index (χ3n) is 5.43. The first-order valence-corrected chi connectivity index (χ1v) is 9.91. The largest absolute Gasteiger partial charge is 0.495 e. The highest BCUT2D eigenvalue weighted by Gasteiger charge is 2.32. The number of hydrogen-bond donors (Lipinski definition) is 2. The van der Waals surface area contributed by atoms with Crippen molar-refractivity contribution in [3.63, 3.8) is 0 Å². The van der Waals surface area contributed by atoms with E-state index >= 15 is 0 Å². The lowest BCUT2D eigenvalue weighted by atomic mass is 10.0. The van der Waals surface area contributed by atoms with Crippen molar-refractivity contribution in [1.82, 2.24) is 0 Å². The van der Waals surface area contributed by atoms with E-state index in [1.165, 1.54) is 10.5 Å². The molecule has 1 fully saturated rings. The molecule has 0 radical (unpaired) electrons. The first-order valence-electron chi connectivity index (χ1n) is 9.91. The molecule has 2 atom stereocenters. The molecule has 1 saturated heterocycles. The number of likely N-dealkylation sites (tertiary alicyclic amines) is 1. The Morgan fingerprint density at radius 2 is 1.96 bits per heavy atom. The topological polar surface area (TPSA) is 61.2 Å². The zero-order valence-electron chi connectivity index (χ0n) is 16.2. The van der Waals surface area contributed by atoms with E-state index in [1.807, 2.05) is 30.3 Å². The van der Waals surface area contributed by atoms with Gasteiger partial charge in [-0.1, -0.05) is 12.1 Å². The van der Waals surface area contributed by atoms with Gasteiger partial charge in [0.25, 0.3) is 5.91 Å². The van der Waals surface area contributed by atoms with Crippen LogP contribution < -0.4 is 24.4 Å². The van der Waals surface area contributed by atoms with E-state index in [0.717, 1.165) is 37.3 Å².